The van der Waals surface area contributed by atoms with Crippen molar-refractivity contribution < 1.29 is 4.74 Å². The van der Waals surface area contributed by atoms with Crippen LogP contribution in [0.15, 0.2) is 0 Å². The standard InChI is InChI=1S/C12H23NO/c1-2-10-5-6-13-12(8-10)11-4-3-7-14-9-11/h10-13H,2-9H2,1H3. The molecule has 2 heterocycles. The van der Waals surface area contributed by atoms with E-state index in [1.807, 2.05) is 0 Å². The number of piperidine rings is 1. The average molecular weight is 197 g/mol. The first-order chi connectivity index (χ1) is 6.90. The summed E-state index contributed by atoms with van der Waals surface area (Å²) in [6.07, 6.45) is 6.74. The van der Waals surface area contributed by atoms with Gasteiger partial charge in [-0.3, -0.25) is 0 Å². The fourth-order valence-corrected chi connectivity index (χ4v) is 2.85. The van der Waals surface area contributed by atoms with Crippen LogP contribution in [0.2, 0.25) is 0 Å². The molecule has 0 saturated carbocycles. The van der Waals surface area contributed by atoms with Crippen molar-refractivity contribution in [1.29, 1.82) is 0 Å². The van der Waals surface area contributed by atoms with Gasteiger partial charge in [0.15, 0.2) is 0 Å². The molecule has 0 aromatic carbocycles. The van der Waals surface area contributed by atoms with Crippen LogP contribution in [0.5, 0.6) is 0 Å². The Labute approximate surface area is 87.4 Å². The molecule has 0 aliphatic carbocycles. The smallest absolute Gasteiger partial charge is 0.0509 e. The van der Waals surface area contributed by atoms with E-state index in [4.69, 9.17) is 4.74 Å². The summed E-state index contributed by atoms with van der Waals surface area (Å²) in [5.41, 5.74) is 0. The van der Waals surface area contributed by atoms with Crippen LogP contribution in [-0.4, -0.2) is 25.8 Å². The Balaban J connectivity index is 1.83. The van der Waals surface area contributed by atoms with E-state index < -0.39 is 0 Å². The summed E-state index contributed by atoms with van der Waals surface area (Å²) in [5.74, 6) is 1.75. The third kappa shape index (κ3) is 2.48. The van der Waals surface area contributed by atoms with Gasteiger partial charge in [-0.1, -0.05) is 13.3 Å². The highest BCUT2D eigenvalue weighted by Crippen LogP contribution is 2.27. The molecule has 14 heavy (non-hydrogen) atoms. The second kappa shape index (κ2) is 5.13. The Morgan fingerprint density at radius 3 is 3.00 bits per heavy atom. The molecule has 3 unspecified atom stereocenters. The fraction of sp³-hybridized carbons (Fsp3) is 1.00. The second-order valence-corrected chi connectivity index (χ2v) is 4.84. The third-order valence-corrected chi connectivity index (χ3v) is 3.89. The van der Waals surface area contributed by atoms with Gasteiger partial charge >= 0.3 is 0 Å². The molecule has 0 bridgehead atoms. The number of ether oxygens (including phenoxy) is 1. The van der Waals surface area contributed by atoms with Crippen molar-refractivity contribution in [2.75, 3.05) is 19.8 Å². The van der Waals surface area contributed by atoms with Crippen LogP contribution < -0.4 is 5.32 Å². The van der Waals surface area contributed by atoms with Gasteiger partial charge in [0.2, 0.25) is 0 Å². The molecule has 2 saturated heterocycles. The number of hydrogen-bond donors (Lipinski definition) is 1. The Bertz CT molecular complexity index is 166. The molecule has 0 radical (unpaired) electrons. The quantitative estimate of drug-likeness (QED) is 0.732. The zero-order valence-corrected chi connectivity index (χ0v) is 9.30. The molecule has 2 heteroatoms. The van der Waals surface area contributed by atoms with Crippen LogP contribution in [-0.2, 0) is 4.74 Å². The van der Waals surface area contributed by atoms with Crippen LogP contribution >= 0.6 is 0 Å². The molecule has 1 N–H and O–H groups in total. The highest BCUT2D eigenvalue weighted by Gasteiger charge is 2.28. The lowest BCUT2D eigenvalue weighted by molar-refractivity contribution is 0.0304. The normalized spacial score (nSPS) is 39.6. The second-order valence-electron chi connectivity index (χ2n) is 4.84. The first-order valence-electron chi connectivity index (χ1n) is 6.21. The lowest BCUT2D eigenvalue weighted by Crippen LogP contribution is -2.45. The van der Waals surface area contributed by atoms with Crippen molar-refractivity contribution >= 4 is 0 Å². The summed E-state index contributed by atoms with van der Waals surface area (Å²) in [7, 11) is 0. The number of hydrogen-bond acceptors (Lipinski definition) is 2. The SMILES string of the molecule is CCC1CCNC(C2CCCOC2)C1. The maximum atomic E-state index is 5.56. The lowest BCUT2D eigenvalue weighted by Gasteiger charge is -2.36. The molecule has 2 aliphatic heterocycles. The van der Waals surface area contributed by atoms with E-state index in [2.05, 4.69) is 12.2 Å². The van der Waals surface area contributed by atoms with Gasteiger partial charge in [0.1, 0.15) is 0 Å². The molecule has 82 valence electrons. The summed E-state index contributed by atoms with van der Waals surface area (Å²) in [6.45, 7) is 5.53. The summed E-state index contributed by atoms with van der Waals surface area (Å²) < 4.78 is 5.56. The molecule has 0 spiro atoms. The van der Waals surface area contributed by atoms with Gasteiger partial charge < -0.3 is 10.1 Å². The van der Waals surface area contributed by atoms with Crippen LogP contribution in [0.25, 0.3) is 0 Å². The minimum absolute atomic E-state index is 0.744. The van der Waals surface area contributed by atoms with Crippen LogP contribution in [0, 0.1) is 11.8 Å². The van der Waals surface area contributed by atoms with E-state index in [1.165, 1.54) is 38.6 Å². The third-order valence-electron chi connectivity index (χ3n) is 3.89. The Kier molecular flexibility index (Phi) is 3.82. The molecule has 2 rings (SSSR count). The van der Waals surface area contributed by atoms with Crippen molar-refractivity contribution in [2.24, 2.45) is 11.8 Å². The van der Waals surface area contributed by atoms with E-state index in [9.17, 15) is 0 Å². The number of rotatable bonds is 2. The van der Waals surface area contributed by atoms with Crippen LogP contribution in [0.4, 0.5) is 0 Å². The molecule has 0 aromatic rings. The minimum atomic E-state index is 0.744. The summed E-state index contributed by atoms with van der Waals surface area (Å²) in [4.78, 5) is 0. The lowest BCUT2D eigenvalue weighted by atomic mass is 9.82. The Morgan fingerprint density at radius 2 is 2.29 bits per heavy atom. The van der Waals surface area contributed by atoms with Gasteiger partial charge in [-0.15, -0.1) is 0 Å². The van der Waals surface area contributed by atoms with Gasteiger partial charge in [-0.25, -0.2) is 0 Å². The minimum Gasteiger partial charge on any atom is -0.381 e. The molecular weight excluding hydrogens is 174 g/mol. The van der Waals surface area contributed by atoms with Gasteiger partial charge in [0, 0.05) is 12.6 Å². The summed E-state index contributed by atoms with van der Waals surface area (Å²) >= 11 is 0. The summed E-state index contributed by atoms with van der Waals surface area (Å²) in [6, 6.07) is 0.744. The Morgan fingerprint density at radius 1 is 1.36 bits per heavy atom. The zero-order valence-electron chi connectivity index (χ0n) is 9.30. The summed E-state index contributed by atoms with van der Waals surface area (Å²) in [5, 5.41) is 3.67. The Hall–Kier alpha value is -0.0800. The highest BCUT2D eigenvalue weighted by atomic mass is 16.5. The largest absolute Gasteiger partial charge is 0.381 e. The molecular formula is C12H23NO. The first kappa shape index (κ1) is 10.4. The average Bonchev–Trinajstić information content (AvgIpc) is 2.30. The molecule has 0 amide bonds. The number of nitrogens with one attached hydrogen (secondary N) is 1. The van der Waals surface area contributed by atoms with Gasteiger partial charge in [0.05, 0.1) is 6.61 Å². The predicted octanol–water partition coefficient (Wildman–Crippen LogP) is 2.19. The molecule has 2 nitrogen and oxygen atoms in total. The molecule has 2 aliphatic rings. The van der Waals surface area contributed by atoms with Crippen molar-refractivity contribution in [1.82, 2.24) is 5.32 Å². The maximum absolute atomic E-state index is 5.56. The van der Waals surface area contributed by atoms with E-state index in [1.54, 1.807) is 0 Å². The first-order valence-corrected chi connectivity index (χ1v) is 6.21. The molecule has 2 fully saturated rings. The predicted molar refractivity (Wildman–Crippen MR) is 58.3 cm³/mol. The topological polar surface area (TPSA) is 21.3 Å². The van der Waals surface area contributed by atoms with E-state index in [-0.39, 0.29) is 0 Å². The monoisotopic (exact) mass is 197 g/mol. The van der Waals surface area contributed by atoms with Crippen LogP contribution in [0.1, 0.15) is 39.0 Å². The van der Waals surface area contributed by atoms with Gasteiger partial charge in [-0.2, -0.15) is 0 Å². The van der Waals surface area contributed by atoms with Gasteiger partial charge in [-0.05, 0) is 44.1 Å². The van der Waals surface area contributed by atoms with Crippen molar-refractivity contribution in [2.45, 2.75) is 45.1 Å². The van der Waals surface area contributed by atoms with Crippen molar-refractivity contribution in [3.63, 3.8) is 0 Å². The van der Waals surface area contributed by atoms with E-state index in [0.717, 1.165) is 31.1 Å². The highest BCUT2D eigenvalue weighted by molar-refractivity contribution is 4.84. The van der Waals surface area contributed by atoms with E-state index >= 15 is 0 Å². The van der Waals surface area contributed by atoms with Gasteiger partial charge in [0.25, 0.3) is 0 Å². The zero-order chi connectivity index (χ0) is 9.80. The van der Waals surface area contributed by atoms with Crippen LogP contribution in [0.3, 0.4) is 0 Å². The van der Waals surface area contributed by atoms with Crippen molar-refractivity contribution in [3.05, 3.63) is 0 Å². The molecule has 0 aromatic heterocycles. The van der Waals surface area contributed by atoms with E-state index in [0.29, 0.717) is 0 Å². The fourth-order valence-electron chi connectivity index (χ4n) is 2.85. The maximum Gasteiger partial charge on any atom is 0.0509 e. The molecule has 3 atom stereocenters. The van der Waals surface area contributed by atoms with Crippen molar-refractivity contribution in [3.8, 4) is 0 Å².